The average molecular weight is 305 g/mol. The Morgan fingerprint density at radius 1 is 1.40 bits per heavy atom. The Bertz CT molecular complexity index is 577. The molecule has 0 radical (unpaired) electrons. The summed E-state index contributed by atoms with van der Waals surface area (Å²) in [7, 11) is -3.23. The second kappa shape index (κ2) is 6.15. The van der Waals surface area contributed by atoms with Crippen molar-refractivity contribution < 1.29 is 21.9 Å². The molecule has 1 aliphatic heterocycles. The lowest BCUT2D eigenvalue weighted by molar-refractivity contribution is 0.0856. The number of ether oxygens (including phenoxy) is 1. The minimum absolute atomic E-state index is 0.000214. The molecule has 1 aromatic rings. The van der Waals surface area contributed by atoms with Crippen molar-refractivity contribution in [1.29, 1.82) is 0 Å². The van der Waals surface area contributed by atoms with Gasteiger partial charge < -0.3 is 4.74 Å². The molecule has 112 valence electrons. The van der Waals surface area contributed by atoms with Gasteiger partial charge in [-0.05, 0) is 18.9 Å². The smallest absolute Gasteiger partial charge is 0.211 e. The first-order valence-electron chi connectivity index (χ1n) is 6.36. The number of halogens is 2. The van der Waals surface area contributed by atoms with E-state index < -0.39 is 21.7 Å². The van der Waals surface area contributed by atoms with Crippen LogP contribution in [0.1, 0.15) is 18.4 Å². The lowest BCUT2D eigenvalue weighted by Gasteiger charge is -2.21. The molecule has 0 aromatic heterocycles. The van der Waals surface area contributed by atoms with Gasteiger partial charge >= 0.3 is 0 Å². The lowest BCUT2D eigenvalue weighted by Crippen LogP contribution is -2.37. The number of benzene rings is 1. The summed E-state index contributed by atoms with van der Waals surface area (Å²) in [6.45, 7) is 0.710. The van der Waals surface area contributed by atoms with Crippen LogP contribution in [-0.2, 0) is 21.4 Å². The molecule has 1 unspecified atom stereocenters. The molecule has 1 heterocycles. The van der Waals surface area contributed by atoms with Crippen molar-refractivity contribution in [3.8, 4) is 0 Å². The van der Waals surface area contributed by atoms with Crippen molar-refractivity contribution in [2.45, 2.75) is 25.5 Å². The molecular weight excluding hydrogens is 288 g/mol. The van der Waals surface area contributed by atoms with Crippen molar-refractivity contribution in [2.75, 3.05) is 19.4 Å². The Balaban J connectivity index is 1.89. The van der Waals surface area contributed by atoms with Crippen LogP contribution >= 0.6 is 0 Å². The summed E-state index contributed by atoms with van der Waals surface area (Å²) < 4.78 is 56.0. The average Bonchev–Trinajstić information content (AvgIpc) is 2.80. The molecule has 1 aromatic carbocycles. The highest BCUT2D eigenvalue weighted by atomic mass is 32.2. The molecule has 0 aliphatic carbocycles. The molecule has 1 atom stereocenters. The molecule has 20 heavy (non-hydrogen) atoms. The normalized spacial score (nSPS) is 20.4. The van der Waals surface area contributed by atoms with Gasteiger partial charge in [0, 0.05) is 24.2 Å². The Morgan fingerprint density at radius 2 is 2.15 bits per heavy atom. The van der Waals surface area contributed by atoms with Crippen LogP contribution in [0.15, 0.2) is 18.2 Å². The molecular formula is C13H17F2NO3S. The molecule has 0 bridgehead atoms. The van der Waals surface area contributed by atoms with Gasteiger partial charge in [0.1, 0.15) is 11.6 Å². The lowest BCUT2D eigenvalue weighted by atomic mass is 10.2. The molecule has 2 rings (SSSR count). The maximum absolute atomic E-state index is 13.4. The highest BCUT2D eigenvalue weighted by molar-refractivity contribution is 7.88. The standard InChI is InChI=1S/C13H17F2NO3S/c1-20(17,18)16-6-2-3-12(16)9-19-8-10-4-5-11(14)7-13(10)15/h4-5,7,12H,2-3,6,8-9H2,1H3. The molecule has 1 saturated heterocycles. The molecule has 7 heteroatoms. The van der Waals surface area contributed by atoms with E-state index in [0.717, 1.165) is 18.9 Å². The fraction of sp³-hybridized carbons (Fsp3) is 0.538. The Kier molecular flexibility index (Phi) is 4.72. The third-order valence-corrected chi connectivity index (χ3v) is 4.66. The quantitative estimate of drug-likeness (QED) is 0.835. The van der Waals surface area contributed by atoms with Gasteiger partial charge in [0.2, 0.25) is 10.0 Å². The van der Waals surface area contributed by atoms with E-state index in [1.165, 1.54) is 22.7 Å². The number of nitrogens with zero attached hydrogens (tertiary/aromatic N) is 1. The van der Waals surface area contributed by atoms with Gasteiger partial charge in [-0.1, -0.05) is 6.07 Å². The second-order valence-corrected chi connectivity index (χ2v) is 6.86. The third-order valence-electron chi connectivity index (χ3n) is 3.33. The van der Waals surface area contributed by atoms with E-state index in [2.05, 4.69) is 0 Å². The summed E-state index contributed by atoms with van der Waals surface area (Å²) in [5, 5.41) is 0. The van der Waals surface area contributed by atoms with Crippen LogP contribution in [0.5, 0.6) is 0 Å². The van der Waals surface area contributed by atoms with Crippen molar-refractivity contribution in [2.24, 2.45) is 0 Å². The summed E-state index contributed by atoms with van der Waals surface area (Å²) >= 11 is 0. The topological polar surface area (TPSA) is 46.6 Å². The maximum Gasteiger partial charge on any atom is 0.211 e. The van der Waals surface area contributed by atoms with E-state index in [4.69, 9.17) is 4.74 Å². The fourth-order valence-electron chi connectivity index (χ4n) is 2.36. The minimum Gasteiger partial charge on any atom is -0.375 e. The summed E-state index contributed by atoms with van der Waals surface area (Å²) in [5.74, 6) is -1.29. The first-order valence-corrected chi connectivity index (χ1v) is 8.21. The zero-order chi connectivity index (χ0) is 14.8. The number of rotatable bonds is 5. The minimum atomic E-state index is -3.23. The van der Waals surface area contributed by atoms with Gasteiger partial charge in [-0.15, -0.1) is 0 Å². The monoisotopic (exact) mass is 305 g/mol. The molecule has 0 N–H and O–H groups in total. The highest BCUT2D eigenvalue weighted by Gasteiger charge is 2.31. The zero-order valence-electron chi connectivity index (χ0n) is 11.2. The molecule has 1 fully saturated rings. The van der Waals surface area contributed by atoms with Gasteiger partial charge in [-0.25, -0.2) is 17.2 Å². The van der Waals surface area contributed by atoms with Crippen LogP contribution in [0.4, 0.5) is 8.78 Å². The van der Waals surface area contributed by atoms with Crippen molar-refractivity contribution in [1.82, 2.24) is 4.31 Å². The van der Waals surface area contributed by atoms with E-state index in [9.17, 15) is 17.2 Å². The van der Waals surface area contributed by atoms with E-state index in [0.29, 0.717) is 6.54 Å². The third kappa shape index (κ3) is 3.74. The zero-order valence-corrected chi connectivity index (χ0v) is 12.0. The number of hydrogen-bond donors (Lipinski definition) is 0. The highest BCUT2D eigenvalue weighted by Crippen LogP contribution is 2.21. The van der Waals surface area contributed by atoms with E-state index in [-0.39, 0.29) is 24.8 Å². The predicted molar refractivity (Wildman–Crippen MR) is 70.6 cm³/mol. The van der Waals surface area contributed by atoms with Crippen molar-refractivity contribution in [3.05, 3.63) is 35.4 Å². The van der Waals surface area contributed by atoms with E-state index in [1.807, 2.05) is 0 Å². The fourth-order valence-corrected chi connectivity index (χ4v) is 3.52. The van der Waals surface area contributed by atoms with Crippen LogP contribution in [-0.4, -0.2) is 38.2 Å². The second-order valence-electron chi connectivity index (χ2n) is 4.92. The van der Waals surface area contributed by atoms with Crippen molar-refractivity contribution in [3.63, 3.8) is 0 Å². The van der Waals surface area contributed by atoms with Gasteiger partial charge in [0.25, 0.3) is 0 Å². The first-order chi connectivity index (χ1) is 9.38. The maximum atomic E-state index is 13.4. The SMILES string of the molecule is CS(=O)(=O)N1CCCC1COCc1ccc(F)cc1F. The summed E-state index contributed by atoms with van der Waals surface area (Å²) in [4.78, 5) is 0. The Hall–Kier alpha value is -1.05. The van der Waals surface area contributed by atoms with Gasteiger partial charge in [-0.2, -0.15) is 4.31 Å². The van der Waals surface area contributed by atoms with E-state index >= 15 is 0 Å². The van der Waals surface area contributed by atoms with Gasteiger partial charge in [-0.3, -0.25) is 0 Å². The Morgan fingerprint density at radius 3 is 2.80 bits per heavy atom. The van der Waals surface area contributed by atoms with Crippen LogP contribution in [0.2, 0.25) is 0 Å². The molecule has 0 saturated carbocycles. The molecule has 0 amide bonds. The van der Waals surface area contributed by atoms with Crippen LogP contribution in [0, 0.1) is 11.6 Å². The largest absolute Gasteiger partial charge is 0.375 e. The summed E-state index contributed by atoms with van der Waals surface area (Å²) in [5.41, 5.74) is 0.260. The van der Waals surface area contributed by atoms with Gasteiger partial charge in [0.05, 0.1) is 19.5 Å². The van der Waals surface area contributed by atoms with Crippen LogP contribution in [0.3, 0.4) is 0 Å². The first kappa shape index (κ1) is 15.3. The van der Waals surface area contributed by atoms with E-state index in [1.54, 1.807) is 0 Å². The number of hydrogen-bond acceptors (Lipinski definition) is 3. The Labute approximate surface area is 117 Å². The summed E-state index contributed by atoms with van der Waals surface area (Å²) in [6, 6.07) is 3.10. The van der Waals surface area contributed by atoms with Crippen molar-refractivity contribution >= 4 is 10.0 Å². The molecule has 4 nitrogen and oxygen atoms in total. The van der Waals surface area contributed by atoms with Crippen LogP contribution < -0.4 is 0 Å². The molecule has 0 spiro atoms. The molecule has 1 aliphatic rings. The van der Waals surface area contributed by atoms with Crippen LogP contribution in [0.25, 0.3) is 0 Å². The predicted octanol–water partition coefficient (Wildman–Crippen LogP) is 1.91. The van der Waals surface area contributed by atoms with Gasteiger partial charge in [0.15, 0.2) is 0 Å². The summed E-state index contributed by atoms with van der Waals surface area (Å²) in [6.07, 6.45) is 2.70. The number of sulfonamides is 1.